The van der Waals surface area contributed by atoms with E-state index in [1.165, 1.54) is 18.7 Å². The van der Waals surface area contributed by atoms with E-state index in [0.717, 1.165) is 0 Å². The maximum Gasteiger partial charge on any atom is 0.220 e. The summed E-state index contributed by atoms with van der Waals surface area (Å²) in [5, 5.41) is 2.89. The summed E-state index contributed by atoms with van der Waals surface area (Å²) in [4.78, 5) is 46.0. The lowest BCUT2D eigenvalue weighted by molar-refractivity contribution is -0.143. The summed E-state index contributed by atoms with van der Waals surface area (Å²) >= 11 is 0. The molecule has 0 saturated carbocycles. The van der Waals surface area contributed by atoms with Gasteiger partial charge in [0.15, 0.2) is 12.1 Å². The molecule has 0 aromatic heterocycles. The first-order chi connectivity index (χ1) is 7.88. The zero-order valence-corrected chi connectivity index (χ0v) is 10.1. The zero-order chi connectivity index (χ0) is 13.2. The van der Waals surface area contributed by atoms with Gasteiger partial charge in [0.2, 0.25) is 11.7 Å². The van der Waals surface area contributed by atoms with E-state index in [-0.39, 0.29) is 30.6 Å². The lowest BCUT2D eigenvalue weighted by Crippen LogP contribution is -2.66. The molecule has 1 amide bonds. The Labute approximate surface area is 99.3 Å². The molecule has 0 bridgehead atoms. The molecule has 1 heterocycles. The number of nitrogens with zero attached hydrogens (tertiary/aromatic N) is 1. The van der Waals surface area contributed by atoms with Gasteiger partial charge in [-0.05, 0) is 13.8 Å². The SMILES string of the molecule is CC(=O)C1C(C)NC(C(=O)C=O)CN1C(C)=O. The Morgan fingerprint density at radius 3 is 2.29 bits per heavy atom. The highest BCUT2D eigenvalue weighted by atomic mass is 16.2. The van der Waals surface area contributed by atoms with E-state index in [1.54, 1.807) is 6.92 Å². The molecule has 17 heavy (non-hydrogen) atoms. The van der Waals surface area contributed by atoms with Gasteiger partial charge in [-0.3, -0.25) is 19.2 Å². The molecule has 1 aliphatic heterocycles. The van der Waals surface area contributed by atoms with Crippen molar-refractivity contribution in [3.8, 4) is 0 Å². The Hall–Kier alpha value is -1.56. The van der Waals surface area contributed by atoms with Gasteiger partial charge in [-0.25, -0.2) is 0 Å². The molecule has 94 valence electrons. The number of nitrogens with one attached hydrogen (secondary N) is 1. The van der Waals surface area contributed by atoms with Gasteiger partial charge in [0.25, 0.3) is 0 Å². The van der Waals surface area contributed by atoms with Crippen LogP contribution in [0, 0.1) is 0 Å². The van der Waals surface area contributed by atoms with Gasteiger partial charge in [-0.1, -0.05) is 0 Å². The van der Waals surface area contributed by atoms with Crippen LogP contribution in [-0.2, 0) is 19.2 Å². The van der Waals surface area contributed by atoms with Crippen LogP contribution in [-0.4, -0.2) is 53.3 Å². The first kappa shape index (κ1) is 13.5. The molecular formula is C11H16N2O4. The lowest BCUT2D eigenvalue weighted by Gasteiger charge is -2.41. The summed E-state index contributed by atoms with van der Waals surface area (Å²) in [7, 11) is 0. The van der Waals surface area contributed by atoms with Crippen LogP contribution < -0.4 is 5.32 Å². The van der Waals surface area contributed by atoms with E-state index < -0.39 is 17.9 Å². The molecule has 0 spiro atoms. The second kappa shape index (κ2) is 5.18. The molecule has 6 heteroatoms. The largest absolute Gasteiger partial charge is 0.329 e. The van der Waals surface area contributed by atoms with Crippen LogP contribution in [0.1, 0.15) is 20.8 Å². The minimum atomic E-state index is -0.720. The minimum absolute atomic E-state index is 0.0570. The molecule has 1 saturated heterocycles. The Balaban J connectivity index is 2.95. The van der Waals surface area contributed by atoms with Crippen molar-refractivity contribution in [2.24, 2.45) is 0 Å². The molecule has 1 rings (SSSR count). The van der Waals surface area contributed by atoms with Crippen LogP contribution in [0.15, 0.2) is 0 Å². The first-order valence-corrected chi connectivity index (χ1v) is 5.41. The molecule has 6 nitrogen and oxygen atoms in total. The maximum atomic E-state index is 11.5. The number of carbonyl (C=O) groups excluding carboxylic acids is 4. The summed E-state index contributed by atoms with van der Waals surface area (Å²) in [6, 6.07) is -1.65. The third kappa shape index (κ3) is 2.76. The lowest BCUT2D eigenvalue weighted by atomic mass is 9.97. The quantitative estimate of drug-likeness (QED) is 0.501. The number of hydrogen-bond donors (Lipinski definition) is 1. The van der Waals surface area contributed by atoms with Crippen molar-refractivity contribution in [1.29, 1.82) is 0 Å². The van der Waals surface area contributed by atoms with Crippen LogP contribution in [0.25, 0.3) is 0 Å². The summed E-state index contributed by atoms with van der Waals surface area (Å²) < 4.78 is 0. The first-order valence-electron chi connectivity index (χ1n) is 5.41. The van der Waals surface area contributed by atoms with Crippen molar-refractivity contribution in [2.75, 3.05) is 6.54 Å². The normalized spacial score (nSPS) is 28.6. The van der Waals surface area contributed by atoms with Crippen LogP contribution in [0.3, 0.4) is 0 Å². The van der Waals surface area contributed by atoms with Crippen LogP contribution in [0.4, 0.5) is 0 Å². The number of Topliss-reactive ketones (excluding diaryl/α,β-unsaturated/α-hetero) is 2. The number of rotatable bonds is 3. The van der Waals surface area contributed by atoms with Gasteiger partial charge in [0.1, 0.15) is 6.04 Å². The monoisotopic (exact) mass is 240 g/mol. The fourth-order valence-corrected chi connectivity index (χ4v) is 2.19. The van der Waals surface area contributed by atoms with Gasteiger partial charge in [0, 0.05) is 19.5 Å². The van der Waals surface area contributed by atoms with Gasteiger partial charge in [-0.15, -0.1) is 0 Å². The van der Waals surface area contributed by atoms with E-state index in [1.807, 2.05) is 0 Å². The summed E-state index contributed by atoms with van der Waals surface area (Å²) in [6.07, 6.45) is 0.233. The standard InChI is InChI=1S/C11H16N2O4/c1-6-11(7(2)15)13(8(3)16)4-9(12-6)10(17)5-14/h5-6,9,11-12H,4H2,1-3H3. The highest BCUT2D eigenvalue weighted by Gasteiger charge is 2.39. The van der Waals surface area contributed by atoms with Crippen molar-refractivity contribution in [3.05, 3.63) is 0 Å². The number of piperazine rings is 1. The molecule has 0 radical (unpaired) electrons. The smallest absolute Gasteiger partial charge is 0.220 e. The second-order valence-electron chi connectivity index (χ2n) is 4.26. The number of carbonyl (C=O) groups is 4. The molecule has 0 aromatic carbocycles. The summed E-state index contributed by atoms with van der Waals surface area (Å²) in [5.74, 6) is -1.02. The van der Waals surface area contributed by atoms with Crippen molar-refractivity contribution in [2.45, 2.75) is 38.9 Å². The topological polar surface area (TPSA) is 83.6 Å². The Bertz CT molecular complexity index is 366. The molecule has 1 aliphatic rings. The molecule has 1 fully saturated rings. The maximum absolute atomic E-state index is 11.5. The van der Waals surface area contributed by atoms with Gasteiger partial charge in [0.05, 0.1) is 6.04 Å². The predicted octanol–water partition coefficient (Wildman–Crippen LogP) is -1.08. The number of hydrogen-bond acceptors (Lipinski definition) is 5. The molecule has 3 unspecified atom stereocenters. The Morgan fingerprint density at radius 2 is 1.88 bits per heavy atom. The van der Waals surface area contributed by atoms with E-state index in [9.17, 15) is 19.2 Å². The number of aldehydes is 1. The highest BCUT2D eigenvalue weighted by Crippen LogP contribution is 2.14. The van der Waals surface area contributed by atoms with E-state index >= 15 is 0 Å². The van der Waals surface area contributed by atoms with E-state index in [0.29, 0.717) is 0 Å². The molecule has 1 N–H and O–H groups in total. The second-order valence-corrected chi connectivity index (χ2v) is 4.26. The van der Waals surface area contributed by atoms with Gasteiger partial charge in [-0.2, -0.15) is 0 Å². The fraction of sp³-hybridized carbons (Fsp3) is 0.636. The van der Waals surface area contributed by atoms with Crippen molar-refractivity contribution < 1.29 is 19.2 Å². The Kier molecular flexibility index (Phi) is 4.11. The fourth-order valence-electron chi connectivity index (χ4n) is 2.19. The summed E-state index contributed by atoms with van der Waals surface area (Å²) in [5.41, 5.74) is 0. The summed E-state index contributed by atoms with van der Waals surface area (Å²) in [6.45, 7) is 4.52. The molecule has 0 aromatic rings. The predicted molar refractivity (Wildman–Crippen MR) is 59.3 cm³/mol. The average Bonchev–Trinajstić information content (AvgIpc) is 2.26. The molecule has 0 aliphatic carbocycles. The third-order valence-electron chi connectivity index (χ3n) is 2.93. The molecular weight excluding hydrogens is 224 g/mol. The minimum Gasteiger partial charge on any atom is -0.329 e. The van der Waals surface area contributed by atoms with Crippen LogP contribution >= 0.6 is 0 Å². The van der Waals surface area contributed by atoms with E-state index in [4.69, 9.17) is 0 Å². The van der Waals surface area contributed by atoms with Gasteiger partial charge < -0.3 is 10.2 Å². The van der Waals surface area contributed by atoms with Crippen molar-refractivity contribution >= 4 is 23.8 Å². The third-order valence-corrected chi connectivity index (χ3v) is 2.93. The molecule has 3 atom stereocenters. The van der Waals surface area contributed by atoms with Crippen LogP contribution in [0.5, 0.6) is 0 Å². The van der Waals surface area contributed by atoms with Crippen molar-refractivity contribution in [3.63, 3.8) is 0 Å². The number of amides is 1. The zero-order valence-electron chi connectivity index (χ0n) is 10.1. The average molecular weight is 240 g/mol. The van der Waals surface area contributed by atoms with Crippen LogP contribution in [0.2, 0.25) is 0 Å². The van der Waals surface area contributed by atoms with Crippen molar-refractivity contribution in [1.82, 2.24) is 10.2 Å². The Morgan fingerprint density at radius 1 is 1.29 bits per heavy atom. The van der Waals surface area contributed by atoms with E-state index in [2.05, 4.69) is 5.32 Å². The highest BCUT2D eigenvalue weighted by molar-refractivity contribution is 6.27. The van der Waals surface area contributed by atoms with Gasteiger partial charge >= 0.3 is 0 Å². The number of ketones is 2.